The Bertz CT molecular complexity index is 489. The van der Waals surface area contributed by atoms with Gasteiger partial charge < -0.3 is 15.6 Å². The summed E-state index contributed by atoms with van der Waals surface area (Å²) in [5.41, 5.74) is 5.47. The third-order valence-corrected chi connectivity index (χ3v) is 4.04. The van der Waals surface area contributed by atoms with Crippen molar-refractivity contribution in [2.24, 2.45) is 5.73 Å². The molecule has 0 saturated heterocycles. The fourth-order valence-electron chi connectivity index (χ4n) is 1.91. The zero-order valence-corrected chi connectivity index (χ0v) is 13.3. The number of thioether (sulfide) groups is 1. The van der Waals surface area contributed by atoms with Gasteiger partial charge in [-0.25, -0.2) is 0 Å². The number of nitrogens with zero attached hydrogens (tertiary/aromatic N) is 3. The van der Waals surface area contributed by atoms with Gasteiger partial charge in [-0.3, -0.25) is 4.79 Å². The van der Waals surface area contributed by atoms with E-state index in [1.807, 2.05) is 27.7 Å². The van der Waals surface area contributed by atoms with Gasteiger partial charge >= 0.3 is 0 Å². The van der Waals surface area contributed by atoms with Crippen LogP contribution in [0.1, 0.15) is 52.4 Å². The number of nitrogens with one attached hydrogen (secondary N) is 1. The molecule has 0 aliphatic heterocycles. The standard InChI is InChI=1S/C13H23N5OS/c1-8(11(19)15-13(2,3)4)20-12-17-16-10(7-14)18(12)9-5-6-9/h8-9H,5-7,14H2,1-4H3,(H,15,19). The molecule has 112 valence electrons. The van der Waals surface area contributed by atoms with Gasteiger partial charge in [0.2, 0.25) is 5.91 Å². The van der Waals surface area contributed by atoms with Crippen molar-refractivity contribution in [2.75, 3.05) is 0 Å². The van der Waals surface area contributed by atoms with Gasteiger partial charge in [-0.2, -0.15) is 0 Å². The van der Waals surface area contributed by atoms with E-state index in [0.29, 0.717) is 12.6 Å². The van der Waals surface area contributed by atoms with Crippen molar-refractivity contribution in [1.82, 2.24) is 20.1 Å². The van der Waals surface area contributed by atoms with E-state index in [1.54, 1.807) is 0 Å². The predicted octanol–water partition coefficient (Wildman–Crippen LogP) is 1.47. The Morgan fingerprint density at radius 1 is 1.50 bits per heavy atom. The number of hydrogen-bond donors (Lipinski definition) is 2. The maximum atomic E-state index is 12.1. The number of nitrogens with two attached hydrogens (primary N) is 1. The smallest absolute Gasteiger partial charge is 0.233 e. The highest BCUT2D eigenvalue weighted by Crippen LogP contribution is 2.39. The summed E-state index contributed by atoms with van der Waals surface area (Å²) in [5, 5.41) is 11.9. The Hall–Kier alpha value is -1.08. The first kappa shape index (κ1) is 15.3. The Labute approximate surface area is 123 Å². The van der Waals surface area contributed by atoms with Crippen LogP contribution in [0.4, 0.5) is 0 Å². The Morgan fingerprint density at radius 3 is 2.65 bits per heavy atom. The van der Waals surface area contributed by atoms with Gasteiger partial charge in [0, 0.05) is 11.6 Å². The van der Waals surface area contributed by atoms with Crippen molar-refractivity contribution in [2.45, 2.75) is 69.1 Å². The molecule has 1 amide bonds. The lowest BCUT2D eigenvalue weighted by atomic mass is 10.1. The van der Waals surface area contributed by atoms with Crippen molar-refractivity contribution in [3.8, 4) is 0 Å². The fraction of sp³-hybridized carbons (Fsp3) is 0.769. The molecule has 0 radical (unpaired) electrons. The molecule has 1 unspecified atom stereocenters. The molecule has 0 aromatic carbocycles. The summed E-state index contributed by atoms with van der Waals surface area (Å²) in [6.45, 7) is 8.19. The van der Waals surface area contributed by atoms with Crippen LogP contribution in [0.25, 0.3) is 0 Å². The molecule has 0 spiro atoms. The summed E-state index contributed by atoms with van der Waals surface area (Å²) in [4.78, 5) is 12.1. The lowest BCUT2D eigenvalue weighted by Crippen LogP contribution is -2.44. The van der Waals surface area contributed by atoms with Crippen LogP contribution in [-0.2, 0) is 11.3 Å². The average molecular weight is 297 g/mol. The number of aromatic nitrogens is 3. The summed E-state index contributed by atoms with van der Waals surface area (Å²) in [6, 6.07) is 0.462. The van der Waals surface area contributed by atoms with Gasteiger partial charge in [0.1, 0.15) is 5.82 Å². The van der Waals surface area contributed by atoms with Gasteiger partial charge in [0.15, 0.2) is 5.16 Å². The van der Waals surface area contributed by atoms with Crippen LogP contribution < -0.4 is 11.1 Å². The van der Waals surface area contributed by atoms with Crippen LogP contribution in [0.2, 0.25) is 0 Å². The van der Waals surface area contributed by atoms with E-state index in [4.69, 9.17) is 5.73 Å². The minimum atomic E-state index is -0.224. The molecule has 6 nitrogen and oxygen atoms in total. The largest absolute Gasteiger partial charge is 0.351 e. The quantitative estimate of drug-likeness (QED) is 0.804. The minimum absolute atomic E-state index is 0.0159. The summed E-state index contributed by atoms with van der Waals surface area (Å²) >= 11 is 1.45. The zero-order valence-electron chi connectivity index (χ0n) is 12.5. The second kappa shape index (κ2) is 5.73. The number of rotatable bonds is 5. The summed E-state index contributed by atoms with van der Waals surface area (Å²) < 4.78 is 2.09. The Balaban J connectivity index is 2.06. The molecular formula is C13H23N5OS. The second-order valence-electron chi connectivity index (χ2n) is 6.20. The fourth-order valence-corrected chi connectivity index (χ4v) is 2.85. The molecule has 1 aliphatic carbocycles. The first-order valence-corrected chi connectivity index (χ1v) is 7.82. The maximum absolute atomic E-state index is 12.1. The van der Waals surface area contributed by atoms with E-state index in [-0.39, 0.29) is 16.7 Å². The molecule has 0 bridgehead atoms. The molecule has 3 N–H and O–H groups in total. The molecule has 1 aromatic rings. The molecule has 7 heteroatoms. The van der Waals surface area contributed by atoms with Gasteiger partial charge in [-0.05, 0) is 40.5 Å². The molecule has 1 aromatic heterocycles. The van der Waals surface area contributed by atoms with Crippen LogP contribution in [0.5, 0.6) is 0 Å². The molecular weight excluding hydrogens is 274 g/mol. The topological polar surface area (TPSA) is 85.8 Å². The first-order chi connectivity index (χ1) is 9.31. The van der Waals surface area contributed by atoms with Crippen LogP contribution in [-0.4, -0.2) is 31.5 Å². The van der Waals surface area contributed by atoms with Crippen LogP contribution in [0, 0.1) is 0 Å². The average Bonchev–Trinajstić information content (AvgIpc) is 3.09. The number of carbonyl (C=O) groups is 1. The Kier molecular flexibility index (Phi) is 4.39. The number of hydrogen-bond acceptors (Lipinski definition) is 5. The lowest BCUT2D eigenvalue weighted by molar-refractivity contribution is -0.121. The molecule has 1 heterocycles. The molecule has 1 fully saturated rings. The van der Waals surface area contributed by atoms with Gasteiger partial charge in [-0.15, -0.1) is 10.2 Å². The van der Waals surface area contributed by atoms with Crippen molar-refractivity contribution in [1.29, 1.82) is 0 Å². The summed E-state index contributed by atoms with van der Waals surface area (Å²) in [6.07, 6.45) is 2.28. The molecule has 1 atom stereocenters. The van der Waals surface area contributed by atoms with E-state index in [0.717, 1.165) is 23.8 Å². The Morgan fingerprint density at radius 2 is 2.15 bits per heavy atom. The molecule has 20 heavy (non-hydrogen) atoms. The first-order valence-electron chi connectivity index (χ1n) is 6.94. The number of carbonyl (C=O) groups excluding carboxylic acids is 1. The van der Waals surface area contributed by atoms with E-state index in [1.165, 1.54) is 11.8 Å². The van der Waals surface area contributed by atoms with Crippen LogP contribution >= 0.6 is 11.8 Å². The minimum Gasteiger partial charge on any atom is -0.351 e. The highest BCUT2D eigenvalue weighted by Gasteiger charge is 2.31. The van der Waals surface area contributed by atoms with E-state index >= 15 is 0 Å². The third kappa shape index (κ3) is 3.73. The van der Waals surface area contributed by atoms with E-state index in [2.05, 4.69) is 20.1 Å². The summed E-state index contributed by atoms with van der Waals surface area (Å²) in [5.74, 6) is 0.820. The van der Waals surface area contributed by atoms with Gasteiger partial charge in [-0.1, -0.05) is 11.8 Å². The van der Waals surface area contributed by atoms with Gasteiger partial charge in [0.05, 0.1) is 11.8 Å². The predicted molar refractivity (Wildman–Crippen MR) is 79.4 cm³/mol. The molecule has 1 saturated carbocycles. The normalized spacial score (nSPS) is 17.1. The van der Waals surface area contributed by atoms with E-state index in [9.17, 15) is 4.79 Å². The molecule has 2 rings (SSSR count). The summed E-state index contributed by atoms with van der Waals surface area (Å²) in [7, 11) is 0. The highest BCUT2D eigenvalue weighted by atomic mass is 32.2. The number of amides is 1. The van der Waals surface area contributed by atoms with Crippen molar-refractivity contribution in [3.05, 3.63) is 5.82 Å². The van der Waals surface area contributed by atoms with Gasteiger partial charge in [0.25, 0.3) is 0 Å². The maximum Gasteiger partial charge on any atom is 0.233 e. The lowest BCUT2D eigenvalue weighted by Gasteiger charge is -2.23. The van der Waals surface area contributed by atoms with Crippen molar-refractivity contribution in [3.63, 3.8) is 0 Å². The second-order valence-corrected chi connectivity index (χ2v) is 7.51. The third-order valence-electron chi connectivity index (χ3n) is 2.98. The highest BCUT2D eigenvalue weighted by molar-refractivity contribution is 8.00. The van der Waals surface area contributed by atoms with Crippen molar-refractivity contribution < 1.29 is 4.79 Å². The van der Waals surface area contributed by atoms with Crippen LogP contribution in [0.15, 0.2) is 5.16 Å². The molecule has 1 aliphatic rings. The SMILES string of the molecule is CC(Sc1nnc(CN)n1C1CC1)C(=O)NC(C)(C)C. The van der Waals surface area contributed by atoms with Crippen molar-refractivity contribution >= 4 is 17.7 Å². The van der Waals surface area contributed by atoms with E-state index < -0.39 is 0 Å². The van der Waals surface area contributed by atoms with Crippen LogP contribution in [0.3, 0.4) is 0 Å². The monoisotopic (exact) mass is 297 g/mol. The zero-order chi connectivity index (χ0) is 14.9.